The molecular formula is C15H25NO2S. The van der Waals surface area contributed by atoms with Crippen molar-refractivity contribution in [1.29, 1.82) is 0 Å². The quantitative estimate of drug-likeness (QED) is 0.873. The SMILES string of the molecule is CCCS(=O)(=O)CC(NC)c1c(C)cc(C)cc1C. The van der Waals surface area contributed by atoms with Crippen LogP contribution < -0.4 is 5.32 Å². The lowest BCUT2D eigenvalue weighted by atomic mass is 9.95. The third kappa shape index (κ3) is 4.32. The van der Waals surface area contributed by atoms with E-state index in [1.54, 1.807) is 0 Å². The highest BCUT2D eigenvalue weighted by Crippen LogP contribution is 2.24. The molecule has 1 aromatic carbocycles. The van der Waals surface area contributed by atoms with Crippen molar-refractivity contribution in [2.24, 2.45) is 0 Å². The van der Waals surface area contributed by atoms with Crippen LogP contribution in [0.5, 0.6) is 0 Å². The van der Waals surface area contributed by atoms with Crippen LogP contribution in [0.25, 0.3) is 0 Å². The van der Waals surface area contributed by atoms with Gasteiger partial charge in [0.25, 0.3) is 0 Å². The Balaban J connectivity index is 3.12. The predicted molar refractivity (Wildman–Crippen MR) is 81.4 cm³/mol. The zero-order chi connectivity index (χ0) is 14.6. The molecule has 0 bridgehead atoms. The summed E-state index contributed by atoms with van der Waals surface area (Å²) in [5.41, 5.74) is 4.64. The molecule has 0 heterocycles. The Kier molecular flexibility index (Phi) is 5.56. The Morgan fingerprint density at radius 3 is 2.11 bits per heavy atom. The maximum Gasteiger partial charge on any atom is 0.152 e. The normalized spacial score (nSPS) is 13.5. The molecule has 0 fully saturated rings. The van der Waals surface area contributed by atoms with E-state index in [0.29, 0.717) is 6.42 Å². The van der Waals surface area contributed by atoms with Crippen molar-refractivity contribution in [3.8, 4) is 0 Å². The number of nitrogens with one attached hydrogen (secondary N) is 1. The van der Waals surface area contributed by atoms with Crippen molar-refractivity contribution in [2.45, 2.75) is 40.2 Å². The summed E-state index contributed by atoms with van der Waals surface area (Å²) in [6.45, 7) is 8.05. The highest BCUT2D eigenvalue weighted by Gasteiger charge is 2.21. The van der Waals surface area contributed by atoms with Crippen molar-refractivity contribution in [3.63, 3.8) is 0 Å². The molecule has 0 amide bonds. The van der Waals surface area contributed by atoms with E-state index >= 15 is 0 Å². The molecule has 1 atom stereocenters. The molecule has 1 aromatic rings. The fourth-order valence-corrected chi connectivity index (χ4v) is 4.33. The van der Waals surface area contributed by atoms with Gasteiger partial charge in [0, 0.05) is 11.8 Å². The number of hydrogen-bond donors (Lipinski definition) is 1. The second kappa shape index (κ2) is 6.53. The first-order valence-corrected chi connectivity index (χ1v) is 8.58. The molecule has 0 saturated heterocycles. The van der Waals surface area contributed by atoms with Crippen LogP contribution in [0, 0.1) is 20.8 Å². The van der Waals surface area contributed by atoms with Crippen LogP contribution in [-0.2, 0) is 9.84 Å². The van der Waals surface area contributed by atoms with Gasteiger partial charge in [-0.3, -0.25) is 0 Å². The average molecular weight is 283 g/mol. The minimum absolute atomic E-state index is 0.128. The van der Waals surface area contributed by atoms with E-state index in [1.807, 2.05) is 27.8 Å². The highest BCUT2D eigenvalue weighted by atomic mass is 32.2. The zero-order valence-electron chi connectivity index (χ0n) is 12.6. The summed E-state index contributed by atoms with van der Waals surface area (Å²) in [5, 5.41) is 3.15. The van der Waals surface area contributed by atoms with E-state index in [2.05, 4.69) is 24.4 Å². The van der Waals surface area contributed by atoms with Crippen LogP contribution >= 0.6 is 0 Å². The minimum Gasteiger partial charge on any atom is -0.312 e. The van der Waals surface area contributed by atoms with Crippen LogP contribution in [0.2, 0.25) is 0 Å². The van der Waals surface area contributed by atoms with Gasteiger partial charge in [-0.05, 0) is 50.9 Å². The summed E-state index contributed by atoms with van der Waals surface area (Å²) >= 11 is 0. The average Bonchev–Trinajstić information content (AvgIpc) is 2.25. The predicted octanol–water partition coefficient (Wildman–Crippen LogP) is 2.70. The summed E-state index contributed by atoms with van der Waals surface area (Å²) in [7, 11) is -1.17. The smallest absolute Gasteiger partial charge is 0.152 e. The Hall–Kier alpha value is -0.870. The molecule has 0 aromatic heterocycles. The molecular weight excluding hydrogens is 258 g/mol. The number of benzene rings is 1. The summed E-state index contributed by atoms with van der Waals surface area (Å²) in [6, 6.07) is 4.09. The van der Waals surface area contributed by atoms with Crippen LogP contribution in [0.3, 0.4) is 0 Å². The fourth-order valence-electron chi connectivity index (χ4n) is 2.70. The molecule has 108 valence electrons. The Bertz CT molecular complexity index is 512. The van der Waals surface area contributed by atoms with E-state index in [1.165, 1.54) is 5.56 Å². The van der Waals surface area contributed by atoms with Crippen molar-refractivity contribution >= 4 is 9.84 Å². The van der Waals surface area contributed by atoms with Gasteiger partial charge < -0.3 is 5.32 Å². The summed E-state index contributed by atoms with van der Waals surface area (Å²) in [6.07, 6.45) is 0.671. The van der Waals surface area contributed by atoms with Crippen molar-refractivity contribution in [3.05, 3.63) is 34.4 Å². The van der Waals surface area contributed by atoms with Crippen LogP contribution in [0.1, 0.15) is 41.6 Å². The van der Waals surface area contributed by atoms with Gasteiger partial charge >= 0.3 is 0 Å². The van der Waals surface area contributed by atoms with Gasteiger partial charge in [-0.2, -0.15) is 0 Å². The molecule has 3 nitrogen and oxygen atoms in total. The molecule has 0 aliphatic rings. The third-order valence-electron chi connectivity index (χ3n) is 3.37. The Morgan fingerprint density at radius 2 is 1.68 bits per heavy atom. The Labute approximate surface area is 117 Å². The zero-order valence-corrected chi connectivity index (χ0v) is 13.4. The molecule has 0 radical (unpaired) electrons. The molecule has 19 heavy (non-hydrogen) atoms. The molecule has 1 rings (SSSR count). The standard InChI is InChI=1S/C15H25NO2S/c1-6-7-19(17,18)10-14(16-5)15-12(3)8-11(2)9-13(15)4/h8-9,14,16H,6-7,10H2,1-5H3. The summed E-state index contributed by atoms with van der Waals surface area (Å²) in [5.74, 6) is 0.428. The lowest BCUT2D eigenvalue weighted by Crippen LogP contribution is -2.28. The molecule has 1 unspecified atom stereocenters. The van der Waals surface area contributed by atoms with Gasteiger partial charge in [0.1, 0.15) is 0 Å². The maximum absolute atomic E-state index is 12.0. The second-order valence-electron chi connectivity index (χ2n) is 5.27. The van der Waals surface area contributed by atoms with Crippen LogP contribution in [-0.4, -0.2) is 27.0 Å². The maximum atomic E-state index is 12.0. The van der Waals surface area contributed by atoms with E-state index < -0.39 is 9.84 Å². The van der Waals surface area contributed by atoms with Crippen molar-refractivity contribution in [2.75, 3.05) is 18.6 Å². The number of aryl methyl sites for hydroxylation is 3. The fraction of sp³-hybridized carbons (Fsp3) is 0.600. The molecule has 0 spiro atoms. The number of rotatable bonds is 6. The van der Waals surface area contributed by atoms with E-state index in [-0.39, 0.29) is 17.5 Å². The van der Waals surface area contributed by atoms with Crippen molar-refractivity contribution < 1.29 is 8.42 Å². The van der Waals surface area contributed by atoms with Gasteiger partial charge in [-0.15, -0.1) is 0 Å². The summed E-state index contributed by atoms with van der Waals surface area (Å²) in [4.78, 5) is 0. The minimum atomic E-state index is -3.00. The van der Waals surface area contributed by atoms with Gasteiger partial charge in [0.05, 0.1) is 5.75 Å². The van der Waals surface area contributed by atoms with E-state index in [0.717, 1.165) is 16.7 Å². The first-order valence-electron chi connectivity index (χ1n) is 6.76. The van der Waals surface area contributed by atoms with E-state index in [9.17, 15) is 8.42 Å². The van der Waals surface area contributed by atoms with Gasteiger partial charge in [-0.25, -0.2) is 8.42 Å². The molecule has 1 N–H and O–H groups in total. The topological polar surface area (TPSA) is 46.2 Å². The first kappa shape index (κ1) is 16.2. The van der Waals surface area contributed by atoms with Crippen LogP contribution in [0.15, 0.2) is 12.1 Å². The largest absolute Gasteiger partial charge is 0.312 e. The van der Waals surface area contributed by atoms with Crippen LogP contribution in [0.4, 0.5) is 0 Å². The van der Waals surface area contributed by atoms with Crippen molar-refractivity contribution in [1.82, 2.24) is 5.32 Å². The van der Waals surface area contributed by atoms with Gasteiger partial charge in [-0.1, -0.05) is 24.6 Å². The molecule has 4 heteroatoms. The van der Waals surface area contributed by atoms with Gasteiger partial charge in [0.15, 0.2) is 9.84 Å². The van der Waals surface area contributed by atoms with Gasteiger partial charge in [0.2, 0.25) is 0 Å². The number of sulfone groups is 1. The lowest BCUT2D eigenvalue weighted by molar-refractivity contribution is 0.571. The van der Waals surface area contributed by atoms with E-state index in [4.69, 9.17) is 0 Å². The Morgan fingerprint density at radius 1 is 1.16 bits per heavy atom. The lowest BCUT2D eigenvalue weighted by Gasteiger charge is -2.21. The first-order chi connectivity index (χ1) is 8.80. The molecule has 0 aliphatic carbocycles. The molecule has 0 saturated carbocycles. The molecule has 0 aliphatic heterocycles. The summed E-state index contributed by atoms with van der Waals surface area (Å²) < 4.78 is 24.0. The second-order valence-corrected chi connectivity index (χ2v) is 7.50. The monoisotopic (exact) mass is 283 g/mol. The highest BCUT2D eigenvalue weighted by molar-refractivity contribution is 7.91. The number of hydrogen-bond acceptors (Lipinski definition) is 3. The third-order valence-corrected chi connectivity index (χ3v) is 5.24.